The van der Waals surface area contributed by atoms with Gasteiger partial charge in [-0.25, -0.2) is 4.79 Å². The van der Waals surface area contributed by atoms with E-state index in [4.69, 9.17) is 15.6 Å². The van der Waals surface area contributed by atoms with E-state index in [2.05, 4.69) is 0 Å². The number of ether oxygens (including phenoxy) is 1. The first kappa shape index (κ1) is 14.3. The molecule has 2 fully saturated rings. The van der Waals surface area contributed by atoms with E-state index in [1.54, 1.807) is 4.90 Å². The first-order chi connectivity index (χ1) is 8.89. The van der Waals surface area contributed by atoms with Crippen LogP contribution in [0.15, 0.2) is 0 Å². The van der Waals surface area contributed by atoms with Gasteiger partial charge in [0.2, 0.25) is 5.91 Å². The maximum Gasteiger partial charge on any atom is 0.329 e. The minimum Gasteiger partial charge on any atom is -0.480 e. The lowest BCUT2D eigenvalue weighted by molar-refractivity contribution is -0.176. The van der Waals surface area contributed by atoms with Crippen LogP contribution < -0.4 is 5.73 Å². The molecule has 1 saturated carbocycles. The maximum atomic E-state index is 12.2. The number of hydrogen-bond donors (Lipinski definition) is 2. The number of amides is 1. The summed E-state index contributed by atoms with van der Waals surface area (Å²) in [6.45, 7) is 2.51. The molecule has 0 radical (unpaired) electrons. The van der Waals surface area contributed by atoms with Crippen molar-refractivity contribution in [1.29, 1.82) is 0 Å². The Morgan fingerprint density at radius 3 is 2.42 bits per heavy atom. The van der Waals surface area contributed by atoms with Crippen LogP contribution in [0.2, 0.25) is 0 Å². The molecule has 0 atom stereocenters. The zero-order chi connectivity index (χ0) is 14.0. The van der Waals surface area contributed by atoms with Gasteiger partial charge in [-0.15, -0.1) is 0 Å². The van der Waals surface area contributed by atoms with Crippen molar-refractivity contribution in [1.82, 2.24) is 4.90 Å². The third-order valence-electron chi connectivity index (χ3n) is 4.03. The molecule has 0 aromatic carbocycles. The molecule has 1 saturated heterocycles. The number of aliphatic carboxylic acids is 1. The largest absolute Gasteiger partial charge is 0.480 e. The van der Waals surface area contributed by atoms with Gasteiger partial charge in [-0.3, -0.25) is 4.79 Å². The molecular formula is C13H22N2O4. The molecule has 0 spiro atoms. The average molecular weight is 270 g/mol. The lowest BCUT2D eigenvalue weighted by Gasteiger charge is -2.48. The van der Waals surface area contributed by atoms with E-state index >= 15 is 0 Å². The monoisotopic (exact) mass is 270 g/mol. The Balaban J connectivity index is 1.76. The summed E-state index contributed by atoms with van der Waals surface area (Å²) in [5.74, 6) is -0.723. The summed E-state index contributed by atoms with van der Waals surface area (Å²) in [6.07, 6.45) is 3.56. The van der Waals surface area contributed by atoms with Gasteiger partial charge in [-0.2, -0.15) is 0 Å². The van der Waals surface area contributed by atoms with Gasteiger partial charge >= 0.3 is 5.97 Å². The molecule has 1 heterocycles. The molecule has 2 rings (SSSR count). The van der Waals surface area contributed by atoms with Crippen LogP contribution in [0.4, 0.5) is 0 Å². The second kappa shape index (κ2) is 5.46. The van der Waals surface area contributed by atoms with Crippen molar-refractivity contribution < 1.29 is 19.4 Å². The molecule has 0 bridgehead atoms. The highest BCUT2D eigenvalue weighted by Crippen LogP contribution is 2.30. The number of nitrogens with two attached hydrogens (primary N) is 1. The number of likely N-dealkylation sites (tertiary alicyclic amines) is 1. The van der Waals surface area contributed by atoms with Crippen LogP contribution in [0.5, 0.6) is 0 Å². The van der Waals surface area contributed by atoms with Crippen molar-refractivity contribution in [2.24, 2.45) is 11.7 Å². The van der Waals surface area contributed by atoms with Crippen molar-refractivity contribution in [3.05, 3.63) is 0 Å². The van der Waals surface area contributed by atoms with Gasteiger partial charge in [-0.1, -0.05) is 0 Å². The third-order valence-corrected chi connectivity index (χ3v) is 4.03. The summed E-state index contributed by atoms with van der Waals surface area (Å²) < 4.78 is 5.30. The Bertz CT molecular complexity index is 358. The summed E-state index contributed by atoms with van der Waals surface area (Å²) in [5, 5.41) is 8.58. The van der Waals surface area contributed by atoms with E-state index in [0.717, 1.165) is 25.7 Å². The highest BCUT2D eigenvalue weighted by molar-refractivity contribution is 5.80. The van der Waals surface area contributed by atoms with E-state index in [1.165, 1.54) is 0 Å². The van der Waals surface area contributed by atoms with E-state index in [-0.39, 0.29) is 24.5 Å². The molecule has 3 N–H and O–H groups in total. The number of nitrogens with zero attached hydrogens (tertiary/aromatic N) is 1. The van der Waals surface area contributed by atoms with Crippen LogP contribution in [0.1, 0.15) is 32.6 Å². The minimum absolute atomic E-state index is 0.0869. The predicted molar refractivity (Wildman–Crippen MR) is 68.5 cm³/mol. The first-order valence-electron chi connectivity index (χ1n) is 6.80. The smallest absolute Gasteiger partial charge is 0.329 e. The summed E-state index contributed by atoms with van der Waals surface area (Å²) in [7, 11) is 0. The summed E-state index contributed by atoms with van der Waals surface area (Å²) in [6, 6.07) is 0.240. The number of carbonyl (C=O) groups is 2. The molecular weight excluding hydrogens is 248 g/mol. The van der Waals surface area contributed by atoms with E-state index in [0.29, 0.717) is 13.1 Å². The summed E-state index contributed by atoms with van der Waals surface area (Å²) in [4.78, 5) is 24.5. The Kier molecular flexibility index (Phi) is 4.10. The van der Waals surface area contributed by atoms with Gasteiger partial charge < -0.3 is 20.5 Å². The molecule has 1 aliphatic heterocycles. The Morgan fingerprint density at radius 2 is 1.89 bits per heavy atom. The predicted octanol–water partition coefficient (Wildman–Crippen LogP) is 0.206. The zero-order valence-corrected chi connectivity index (χ0v) is 11.3. The Hall–Kier alpha value is -1.14. The number of carbonyl (C=O) groups excluding carboxylic acids is 1. The standard InChI is InChI=1S/C13H22N2O4/c1-13(19-6-11(16)17)7-15(8-13)12(18)9-2-4-10(14)5-3-9/h9-10H,2-8,14H2,1H3,(H,16,17). The minimum atomic E-state index is -0.979. The number of rotatable bonds is 4. The van der Waals surface area contributed by atoms with E-state index in [1.807, 2.05) is 6.92 Å². The lowest BCUT2D eigenvalue weighted by atomic mass is 9.84. The van der Waals surface area contributed by atoms with Gasteiger partial charge in [0.05, 0.1) is 13.1 Å². The van der Waals surface area contributed by atoms with Crippen molar-refractivity contribution in [3.63, 3.8) is 0 Å². The molecule has 1 aliphatic carbocycles. The van der Waals surface area contributed by atoms with Crippen molar-refractivity contribution >= 4 is 11.9 Å². The zero-order valence-electron chi connectivity index (χ0n) is 11.3. The fraction of sp³-hybridized carbons (Fsp3) is 0.846. The Morgan fingerprint density at radius 1 is 1.32 bits per heavy atom. The number of carboxylic acids is 1. The quantitative estimate of drug-likeness (QED) is 0.761. The normalized spacial score (nSPS) is 29.7. The molecule has 0 aromatic rings. The molecule has 6 nitrogen and oxygen atoms in total. The topological polar surface area (TPSA) is 92.9 Å². The second-order valence-electron chi connectivity index (χ2n) is 5.94. The maximum absolute atomic E-state index is 12.2. The van der Waals surface area contributed by atoms with Crippen LogP contribution in [0.25, 0.3) is 0 Å². The van der Waals surface area contributed by atoms with Crippen LogP contribution in [0, 0.1) is 5.92 Å². The first-order valence-corrected chi connectivity index (χ1v) is 6.80. The SMILES string of the molecule is CC1(OCC(=O)O)CN(C(=O)C2CCC(N)CC2)C1. The Labute approximate surface area is 112 Å². The van der Waals surface area contributed by atoms with Gasteiger partial charge in [-0.05, 0) is 32.6 Å². The van der Waals surface area contributed by atoms with E-state index in [9.17, 15) is 9.59 Å². The van der Waals surface area contributed by atoms with Crippen LogP contribution in [0.3, 0.4) is 0 Å². The van der Waals surface area contributed by atoms with Crippen molar-refractivity contribution in [3.8, 4) is 0 Å². The molecule has 6 heteroatoms. The molecule has 19 heavy (non-hydrogen) atoms. The molecule has 1 amide bonds. The fourth-order valence-corrected chi connectivity index (χ4v) is 2.87. The highest BCUT2D eigenvalue weighted by Gasteiger charge is 2.44. The number of carboxylic acid groups (broad SMARTS) is 1. The van der Waals surface area contributed by atoms with Gasteiger partial charge in [0.25, 0.3) is 0 Å². The van der Waals surface area contributed by atoms with Crippen LogP contribution in [-0.2, 0) is 14.3 Å². The average Bonchev–Trinajstić information content (AvgIpc) is 2.33. The molecule has 0 unspecified atom stereocenters. The lowest BCUT2D eigenvalue weighted by Crippen LogP contribution is -2.64. The second-order valence-corrected chi connectivity index (χ2v) is 5.94. The van der Waals surface area contributed by atoms with Crippen LogP contribution in [-0.4, -0.2) is 53.2 Å². The van der Waals surface area contributed by atoms with E-state index < -0.39 is 11.6 Å². The van der Waals surface area contributed by atoms with Crippen LogP contribution >= 0.6 is 0 Å². The van der Waals surface area contributed by atoms with Crippen molar-refractivity contribution in [2.75, 3.05) is 19.7 Å². The third kappa shape index (κ3) is 3.45. The highest BCUT2D eigenvalue weighted by atomic mass is 16.5. The molecule has 108 valence electrons. The summed E-state index contributed by atoms with van der Waals surface area (Å²) in [5.41, 5.74) is 5.33. The number of hydrogen-bond acceptors (Lipinski definition) is 4. The van der Waals surface area contributed by atoms with Gasteiger partial charge in [0.1, 0.15) is 12.2 Å². The van der Waals surface area contributed by atoms with Gasteiger partial charge in [0.15, 0.2) is 0 Å². The van der Waals surface area contributed by atoms with Crippen molar-refractivity contribution in [2.45, 2.75) is 44.2 Å². The fourth-order valence-electron chi connectivity index (χ4n) is 2.87. The molecule has 0 aromatic heterocycles. The molecule has 2 aliphatic rings. The summed E-state index contributed by atoms with van der Waals surface area (Å²) >= 11 is 0. The van der Waals surface area contributed by atoms with Gasteiger partial charge in [0, 0.05) is 12.0 Å².